The largest absolute Gasteiger partial charge is 0.444 e. The summed E-state index contributed by atoms with van der Waals surface area (Å²) in [4.78, 5) is 27.4. The van der Waals surface area contributed by atoms with Crippen molar-refractivity contribution < 1.29 is 14.3 Å². The van der Waals surface area contributed by atoms with Crippen LogP contribution in [0, 0.1) is 0 Å². The highest BCUT2D eigenvalue weighted by Crippen LogP contribution is 2.30. The maximum Gasteiger partial charge on any atom is 0.411 e. The van der Waals surface area contributed by atoms with E-state index in [0.717, 1.165) is 42.6 Å². The highest BCUT2D eigenvalue weighted by atomic mass is 32.2. The molecule has 0 spiro atoms. The van der Waals surface area contributed by atoms with Crippen LogP contribution in [0.1, 0.15) is 66.7 Å². The van der Waals surface area contributed by atoms with Gasteiger partial charge in [0.15, 0.2) is 5.78 Å². The standard InChI is InChI=1S/C19H33NO3S/c1-7-9-14-13-20(18(22)23-19(3,4)5)16(11-12-24-6)17(21)15(14)10-8-2/h16H,7-13H2,1-6H3/t16-/m0/s1. The van der Waals surface area contributed by atoms with Gasteiger partial charge in [-0.25, -0.2) is 4.79 Å². The van der Waals surface area contributed by atoms with E-state index in [0.29, 0.717) is 13.0 Å². The van der Waals surface area contributed by atoms with Crippen LogP contribution in [-0.2, 0) is 9.53 Å². The molecule has 0 aromatic heterocycles. The Morgan fingerprint density at radius 1 is 1.25 bits per heavy atom. The number of Topliss-reactive ketones (excluding diaryl/α,β-unsaturated/α-hetero) is 1. The van der Waals surface area contributed by atoms with Gasteiger partial charge in [0.1, 0.15) is 5.60 Å². The molecule has 1 aliphatic rings. The number of hydrogen-bond acceptors (Lipinski definition) is 4. The van der Waals surface area contributed by atoms with Gasteiger partial charge >= 0.3 is 6.09 Å². The Bertz CT molecular complexity index is 479. The van der Waals surface area contributed by atoms with E-state index in [2.05, 4.69) is 13.8 Å². The van der Waals surface area contributed by atoms with Gasteiger partial charge in [-0.15, -0.1) is 0 Å². The number of ether oxygens (including phenoxy) is 1. The second-order valence-corrected chi connectivity index (χ2v) is 8.34. The van der Waals surface area contributed by atoms with Crippen molar-refractivity contribution in [3.8, 4) is 0 Å². The Kier molecular flexibility index (Phi) is 8.34. The lowest BCUT2D eigenvalue weighted by Gasteiger charge is -2.38. The Hall–Kier alpha value is -0.970. The van der Waals surface area contributed by atoms with Gasteiger partial charge in [-0.2, -0.15) is 11.8 Å². The molecule has 1 aliphatic heterocycles. The fraction of sp³-hybridized carbons (Fsp3) is 0.789. The summed E-state index contributed by atoms with van der Waals surface area (Å²) in [5, 5.41) is 0. The van der Waals surface area contributed by atoms with Gasteiger partial charge in [0.2, 0.25) is 0 Å². The summed E-state index contributed by atoms with van der Waals surface area (Å²) in [7, 11) is 0. The first kappa shape index (κ1) is 21.1. The van der Waals surface area contributed by atoms with Crippen LogP contribution in [0.15, 0.2) is 11.1 Å². The van der Waals surface area contributed by atoms with Gasteiger partial charge in [-0.1, -0.05) is 26.7 Å². The molecule has 1 heterocycles. The lowest BCUT2D eigenvalue weighted by Crippen LogP contribution is -2.51. The molecule has 0 unspecified atom stereocenters. The van der Waals surface area contributed by atoms with Crippen molar-refractivity contribution in [1.29, 1.82) is 0 Å². The van der Waals surface area contributed by atoms with E-state index in [1.807, 2.05) is 27.0 Å². The minimum absolute atomic E-state index is 0.131. The molecular formula is C19H33NO3S. The van der Waals surface area contributed by atoms with Crippen molar-refractivity contribution in [1.82, 2.24) is 4.90 Å². The summed E-state index contributed by atoms with van der Waals surface area (Å²) in [5.41, 5.74) is 1.53. The second-order valence-electron chi connectivity index (χ2n) is 7.35. The van der Waals surface area contributed by atoms with Crippen LogP contribution in [-0.4, -0.2) is 47.0 Å². The molecule has 138 valence electrons. The predicted molar refractivity (Wildman–Crippen MR) is 102 cm³/mol. The first-order chi connectivity index (χ1) is 11.2. The van der Waals surface area contributed by atoms with Crippen LogP contribution < -0.4 is 0 Å². The van der Waals surface area contributed by atoms with E-state index < -0.39 is 5.60 Å². The van der Waals surface area contributed by atoms with E-state index in [9.17, 15) is 9.59 Å². The summed E-state index contributed by atoms with van der Waals surface area (Å²) in [6.45, 7) is 10.3. The summed E-state index contributed by atoms with van der Waals surface area (Å²) in [5.74, 6) is 0.990. The summed E-state index contributed by atoms with van der Waals surface area (Å²) in [6, 6.07) is -0.380. The first-order valence-electron chi connectivity index (χ1n) is 8.98. The number of rotatable bonds is 7. The number of thioether (sulfide) groups is 1. The highest BCUT2D eigenvalue weighted by molar-refractivity contribution is 7.98. The fourth-order valence-electron chi connectivity index (χ4n) is 3.04. The van der Waals surface area contributed by atoms with Gasteiger partial charge in [-0.3, -0.25) is 9.69 Å². The maximum absolute atomic E-state index is 13.1. The molecule has 0 radical (unpaired) electrons. The number of carbonyl (C=O) groups is 2. The number of nitrogens with zero attached hydrogens (tertiary/aromatic N) is 1. The van der Waals surface area contributed by atoms with Gasteiger partial charge in [0, 0.05) is 6.54 Å². The summed E-state index contributed by atoms with van der Waals surface area (Å²) >= 11 is 1.70. The molecule has 0 bridgehead atoms. The van der Waals surface area contributed by atoms with Crippen LogP contribution in [0.25, 0.3) is 0 Å². The molecule has 0 saturated heterocycles. The minimum Gasteiger partial charge on any atom is -0.444 e. The van der Waals surface area contributed by atoms with E-state index in [-0.39, 0.29) is 17.9 Å². The number of ketones is 1. The molecule has 1 rings (SSSR count). The van der Waals surface area contributed by atoms with Crippen LogP contribution >= 0.6 is 11.8 Å². The Morgan fingerprint density at radius 3 is 2.38 bits per heavy atom. The molecule has 4 nitrogen and oxygen atoms in total. The average Bonchev–Trinajstić information content (AvgIpc) is 2.48. The quantitative estimate of drug-likeness (QED) is 0.656. The fourth-order valence-corrected chi connectivity index (χ4v) is 3.50. The zero-order chi connectivity index (χ0) is 18.3. The van der Waals surface area contributed by atoms with Gasteiger partial charge in [0.05, 0.1) is 6.04 Å². The first-order valence-corrected chi connectivity index (χ1v) is 10.4. The van der Waals surface area contributed by atoms with Crippen molar-refractivity contribution in [2.45, 2.75) is 78.4 Å². The predicted octanol–water partition coefficient (Wildman–Crippen LogP) is 4.82. The van der Waals surface area contributed by atoms with Crippen molar-refractivity contribution in [3.05, 3.63) is 11.1 Å². The lowest BCUT2D eigenvalue weighted by atomic mass is 9.87. The summed E-state index contributed by atoms with van der Waals surface area (Å²) in [6.07, 6.45) is 5.96. The zero-order valence-electron chi connectivity index (χ0n) is 16.1. The van der Waals surface area contributed by atoms with E-state index in [1.165, 1.54) is 0 Å². The SMILES string of the molecule is CCCC1=C(CCC)C(=O)[C@H](CCSC)N(C(=O)OC(C)(C)C)C1. The highest BCUT2D eigenvalue weighted by Gasteiger charge is 2.38. The van der Waals surface area contributed by atoms with Gasteiger partial charge < -0.3 is 4.74 Å². The number of carbonyl (C=O) groups excluding carboxylic acids is 2. The minimum atomic E-state index is -0.553. The molecule has 24 heavy (non-hydrogen) atoms. The molecule has 0 aromatic carbocycles. The molecule has 0 aliphatic carbocycles. The molecule has 0 saturated carbocycles. The third kappa shape index (κ3) is 5.83. The maximum atomic E-state index is 13.1. The van der Waals surface area contributed by atoms with Crippen molar-refractivity contribution in [3.63, 3.8) is 0 Å². The second kappa shape index (κ2) is 9.50. The van der Waals surface area contributed by atoms with E-state index >= 15 is 0 Å². The number of amides is 1. The zero-order valence-corrected chi connectivity index (χ0v) is 16.9. The van der Waals surface area contributed by atoms with Crippen molar-refractivity contribution in [2.75, 3.05) is 18.6 Å². The third-order valence-corrected chi connectivity index (χ3v) is 4.68. The normalized spacial score (nSPS) is 19.0. The van der Waals surface area contributed by atoms with Gasteiger partial charge in [-0.05, 0) is 63.2 Å². The lowest BCUT2D eigenvalue weighted by molar-refractivity contribution is -0.121. The molecular weight excluding hydrogens is 322 g/mol. The Balaban J connectivity index is 3.14. The van der Waals surface area contributed by atoms with Crippen molar-refractivity contribution >= 4 is 23.6 Å². The average molecular weight is 356 g/mol. The smallest absolute Gasteiger partial charge is 0.411 e. The van der Waals surface area contributed by atoms with Gasteiger partial charge in [0.25, 0.3) is 0 Å². The molecule has 0 aromatic rings. The molecule has 0 N–H and O–H groups in total. The van der Waals surface area contributed by atoms with Crippen LogP contribution in [0.5, 0.6) is 0 Å². The third-order valence-electron chi connectivity index (χ3n) is 4.04. The Morgan fingerprint density at radius 2 is 1.88 bits per heavy atom. The molecule has 1 atom stereocenters. The van der Waals surface area contributed by atoms with E-state index in [4.69, 9.17) is 4.74 Å². The Labute approximate surface area is 151 Å². The monoisotopic (exact) mass is 355 g/mol. The van der Waals surface area contributed by atoms with Crippen molar-refractivity contribution in [2.24, 2.45) is 0 Å². The topological polar surface area (TPSA) is 46.6 Å². The van der Waals surface area contributed by atoms with Crippen LogP contribution in [0.4, 0.5) is 4.79 Å². The molecule has 0 fully saturated rings. The molecule has 5 heteroatoms. The summed E-state index contributed by atoms with van der Waals surface area (Å²) < 4.78 is 5.56. The van der Waals surface area contributed by atoms with Crippen LogP contribution in [0.2, 0.25) is 0 Å². The van der Waals surface area contributed by atoms with E-state index in [1.54, 1.807) is 16.7 Å². The van der Waals surface area contributed by atoms with Crippen LogP contribution in [0.3, 0.4) is 0 Å². The number of hydrogen-bond donors (Lipinski definition) is 0. The molecule has 1 amide bonds.